The number of nitrogens with zero attached hydrogens (tertiary/aromatic N) is 2. The lowest BCUT2D eigenvalue weighted by Crippen LogP contribution is -2.43. The predicted octanol–water partition coefficient (Wildman–Crippen LogP) is 0.754. The van der Waals surface area contributed by atoms with E-state index in [1.807, 2.05) is 6.07 Å². The van der Waals surface area contributed by atoms with Crippen LogP contribution in [-0.2, 0) is 14.3 Å². The summed E-state index contributed by atoms with van der Waals surface area (Å²) in [7, 11) is 0. The minimum absolute atomic E-state index is 0.327. The number of fused-ring (bicyclic) bond motifs is 5. The van der Waals surface area contributed by atoms with Gasteiger partial charge in [0.2, 0.25) is 11.8 Å². The molecule has 116 valence electrons. The van der Waals surface area contributed by atoms with Crippen molar-refractivity contribution in [1.29, 1.82) is 5.26 Å². The number of imide groups is 1. The molecule has 1 aromatic rings. The van der Waals surface area contributed by atoms with E-state index >= 15 is 0 Å². The standard InChI is InChI=1S/C17H14N2O4/c1-16-6-7-17(9-20,23-16)13-12(16)14(21)19(15(13)22)11-4-2-10(8-18)3-5-11/h2-7,12-13,20H,9H2,1H3/t12-,13+,16-,17-/m1/s1. The van der Waals surface area contributed by atoms with Gasteiger partial charge in [-0.1, -0.05) is 12.2 Å². The van der Waals surface area contributed by atoms with Crippen molar-refractivity contribution in [3.63, 3.8) is 0 Å². The highest BCUT2D eigenvalue weighted by Crippen LogP contribution is 2.57. The van der Waals surface area contributed by atoms with Crippen LogP contribution in [0.2, 0.25) is 0 Å². The molecule has 2 fully saturated rings. The summed E-state index contributed by atoms with van der Waals surface area (Å²) in [4.78, 5) is 26.9. The van der Waals surface area contributed by atoms with Crippen LogP contribution >= 0.6 is 0 Å². The summed E-state index contributed by atoms with van der Waals surface area (Å²) in [6, 6.07) is 8.30. The number of benzene rings is 1. The minimum Gasteiger partial charge on any atom is -0.393 e. The number of aliphatic hydroxyl groups is 1. The van der Waals surface area contributed by atoms with Crippen molar-refractivity contribution in [3.05, 3.63) is 42.0 Å². The molecule has 1 aromatic carbocycles. The number of carbonyl (C=O) groups is 2. The normalized spacial score (nSPS) is 37.3. The fraction of sp³-hybridized carbons (Fsp3) is 0.353. The molecule has 2 saturated heterocycles. The van der Waals surface area contributed by atoms with Crippen LogP contribution in [0.3, 0.4) is 0 Å². The lowest BCUT2D eigenvalue weighted by molar-refractivity contribution is -0.131. The number of hydrogen-bond acceptors (Lipinski definition) is 5. The van der Waals surface area contributed by atoms with Gasteiger partial charge < -0.3 is 9.84 Å². The van der Waals surface area contributed by atoms with Gasteiger partial charge in [0.1, 0.15) is 5.60 Å². The fourth-order valence-corrected chi connectivity index (χ4v) is 3.98. The molecular weight excluding hydrogens is 296 g/mol. The van der Waals surface area contributed by atoms with Crippen molar-refractivity contribution in [1.82, 2.24) is 0 Å². The van der Waals surface area contributed by atoms with E-state index in [1.54, 1.807) is 43.3 Å². The second-order valence-electron chi connectivity index (χ2n) is 6.36. The quantitative estimate of drug-likeness (QED) is 0.643. The van der Waals surface area contributed by atoms with Gasteiger partial charge >= 0.3 is 0 Å². The van der Waals surface area contributed by atoms with E-state index in [-0.39, 0.29) is 18.4 Å². The average molecular weight is 310 g/mol. The van der Waals surface area contributed by atoms with E-state index in [9.17, 15) is 14.7 Å². The molecule has 0 unspecified atom stereocenters. The zero-order valence-electron chi connectivity index (χ0n) is 12.4. The van der Waals surface area contributed by atoms with Gasteiger partial charge in [0, 0.05) is 0 Å². The van der Waals surface area contributed by atoms with Crippen molar-refractivity contribution in [3.8, 4) is 6.07 Å². The summed E-state index contributed by atoms with van der Waals surface area (Å²) in [6.45, 7) is 1.42. The van der Waals surface area contributed by atoms with Gasteiger partial charge in [0.05, 0.1) is 41.4 Å². The lowest BCUT2D eigenvalue weighted by Gasteiger charge is -2.26. The molecule has 4 atom stereocenters. The molecule has 3 aliphatic heterocycles. The monoisotopic (exact) mass is 310 g/mol. The molecule has 6 nitrogen and oxygen atoms in total. The third-order valence-corrected chi connectivity index (χ3v) is 5.06. The average Bonchev–Trinajstić information content (AvgIpc) is 3.14. The van der Waals surface area contributed by atoms with E-state index in [2.05, 4.69) is 0 Å². The first-order chi connectivity index (χ1) is 11.0. The Morgan fingerprint density at radius 2 is 1.87 bits per heavy atom. The highest BCUT2D eigenvalue weighted by Gasteiger charge is 2.72. The van der Waals surface area contributed by atoms with Gasteiger partial charge in [-0.15, -0.1) is 0 Å². The summed E-state index contributed by atoms with van der Waals surface area (Å²) in [5, 5.41) is 18.6. The van der Waals surface area contributed by atoms with Crippen LogP contribution in [0, 0.1) is 23.2 Å². The van der Waals surface area contributed by atoms with E-state index in [1.165, 1.54) is 0 Å². The third kappa shape index (κ3) is 1.58. The van der Waals surface area contributed by atoms with Crippen LogP contribution in [0.15, 0.2) is 36.4 Å². The van der Waals surface area contributed by atoms with Crippen LogP contribution in [0.4, 0.5) is 5.69 Å². The van der Waals surface area contributed by atoms with Crippen molar-refractivity contribution < 1.29 is 19.4 Å². The third-order valence-electron chi connectivity index (χ3n) is 5.06. The molecule has 0 radical (unpaired) electrons. The first kappa shape index (κ1) is 14.1. The fourth-order valence-electron chi connectivity index (χ4n) is 3.98. The number of anilines is 1. The van der Waals surface area contributed by atoms with Gasteiger partial charge in [-0.2, -0.15) is 5.26 Å². The molecule has 23 heavy (non-hydrogen) atoms. The minimum atomic E-state index is -1.12. The molecule has 0 aromatic heterocycles. The predicted molar refractivity (Wildman–Crippen MR) is 79.1 cm³/mol. The number of hydrogen-bond donors (Lipinski definition) is 1. The molecular formula is C17H14N2O4. The summed E-state index contributed by atoms with van der Waals surface area (Å²) < 4.78 is 5.85. The topological polar surface area (TPSA) is 90.6 Å². The van der Waals surface area contributed by atoms with Gasteiger partial charge in [-0.25, -0.2) is 4.90 Å². The maximum atomic E-state index is 12.9. The second kappa shape index (κ2) is 4.28. The zero-order chi connectivity index (χ0) is 16.4. The van der Waals surface area contributed by atoms with Crippen molar-refractivity contribution >= 4 is 17.5 Å². The number of aliphatic hydroxyl groups excluding tert-OH is 1. The van der Waals surface area contributed by atoms with E-state index in [0.717, 1.165) is 4.90 Å². The molecule has 3 aliphatic rings. The van der Waals surface area contributed by atoms with Gasteiger partial charge in [0.15, 0.2) is 0 Å². The number of carbonyl (C=O) groups excluding carboxylic acids is 2. The Labute approximate surface area is 132 Å². The Bertz CT molecular complexity index is 794. The molecule has 1 N–H and O–H groups in total. The summed E-state index contributed by atoms with van der Waals surface area (Å²) in [6.07, 6.45) is 3.46. The smallest absolute Gasteiger partial charge is 0.241 e. The number of rotatable bonds is 2. The SMILES string of the molecule is C[C@]12C=C[C@](CO)(O1)[C@@H]1C(=O)N(c3ccc(C#N)cc3)C(=O)[C@@H]12. The Kier molecular flexibility index (Phi) is 2.63. The van der Waals surface area contributed by atoms with Gasteiger partial charge in [-0.3, -0.25) is 9.59 Å². The molecule has 2 bridgehead atoms. The first-order valence-corrected chi connectivity index (χ1v) is 7.35. The highest BCUT2D eigenvalue weighted by atomic mass is 16.5. The van der Waals surface area contributed by atoms with Crippen molar-refractivity contribution in [2.45, 2.75) is 18.1 Å². The van der Waals surface area contributed by atoms with Gasteiger partial charge in [0.25, 0.3) is 0 Å². The Hall–Kier alpha value is -2.49. The molecule has 4 rings (SSSR count). The van der Waals surface area contributed by atoms with Crippen LogP contribution in [0.1, 0.15) is 12.5 Å². The van der Waals surface area contributed by atoms with Crippen LogP contribution in [-0.4, -0.2) is 34.7 Å². The molecule has 0 aliphatic carbocycles. The summed E-state index contributed by atoms with van der Waals surface area (Å²) >= 11 is 0. The maximum absolute atomic E-state index is 12.9. The number of ether oxygens (including phenoxy) is 1. The van der Waals surface area contributed by atoms with Crippen LogP contribution < -0.4 is 4.90 Å². The summed E-state index contributed by atoms with van der Waals surface area (Å²) in [5.74, 6) is -2.05. The lowest BCUT2D eigenvalue weighted by atomic mass is 9.73. The zero-order valence-corrected chi connectivity index (χ0v) is 12.4. The first-order valence-electron chi connectivity index (χ1n) is 7.35. The van der Waals surface area contributed by atoms with Crippen molar-refractivity contribution in [2.24, 2.45) is 11.8 Å². The van der Waals surface area contributed by atoms with E-state index in [0.29, 0.717) is 11.3 Å². The van der Waals surface area contributed by atoms with E-state index in [4.69, 9.17) is 10.00 Å². The molecule has 0 spiro atoms. The molecule has 3 heterocycles. The molecule has 2 amide bonds. The number of nitriles is 1. The van der Waals surface area contributed by atoms with Crippen LogP contribution in [0.25, 0.3) is 0 Å². The Morgan fingerprint density at radius 1 is 1.22 bits per heavy atom. The maximum Gasteiger partial charge on any atom is 0.241 e. The second-order valence-corrected chi connectivity index (χ2v) is 6.36. The number of amides is 2. The summed E-state index contributed by atoms with van der Waals surface area (Å²) in [5.41, 5.74) is -1.10. The highest BCUT2D eigenvalue weighted by molar-refractivity contribution is 6.23. The molecule has 6 heteroatoms. The Morgan fingerprint density at radius 3 is 2.48 bits per heavy atom. The largest absolute Gasteiger partial charge is 0.393 e. The Balaban J connectivity index is 1.78. The molecule has 0 saturated carbocycles. The van der Waals surface area contributed by atoms with Gasteiger partial charge in [-0.05, 0) is 31.2 Å². The van der Waals surface area contributed by atoms with Crippen molar-refractivity contribution in [2.75, 3.05) is 11.5 Å². The van der Waals surface area contributed by atoms with Crippen LogP contribution in [0.5, 0.6) is 0 Å². The van der Waals surface area contributed by atoms with E-state index < -0.39 is 23.0 Å².